The smallest absolute Gasteiger partial charge is 0.276 e. The first-order valence-corrected chi connectivity index (χ1v) is 9.77. The average molecular weight is 396 g/mol. The maximum absolute atomic E-state index is 10.7. The predicted octanol–water partition coefficient (Wildman–Crippen LogP) is 4.93. The summed E-state index contributed by atoms with van der Waals surface area (Å²) in [4.78, 5) is 20.6. The molecule has 1 N–H and O–H groups in total. The van der Waals surface area contributed by atoms with Crippen molar-refractivity contribution in [3.8, 4) is 0 Å². The Hall–Kier alpha value is -3.06. The highest BCUT2D eigenvalue weighted by Crippen LogP contribution is 2.35. The Morgan fingerprint density at radius 3 is 2.10 bits per heavy atom. The molecule has 4 rings (SSSR count). The van der Waals surface area contributed by atoms with Crippen LogP contribution in [0.5, 0.6) is 0 Å². The quantitative estimate of drug-likeness (QED) is 0.528. The van der Waals surface area contributed by atoms with E-state index in [-0.39, 0.29) is 16.3 Å². The molecule has 0 saturated heterocycles. The van der Waals surface area contributed by atoms with E-state index >= 15 is 0 Å². The van der Waals surface area contributed by atoms with E-state index in [1.54, 1.807) is 30.3 Å². The van der Waals surface area contributed by atoms with Gasteiger partial charge in [0.15, 0.2) is 0 Å². The zero-order chi connectivity index (χ0) is 20.8. The number of aliphatic hydroxyl groups excluding tert-OH is 1. The molecule has 1 unspecified atom stereocenters. The van der Waals surface area contributed by atoms with Crippen LogP contribution in [-0.2, 0) is 6.42 Å². The van der Waals surface area contributed by atoms with Crippen LogP contribution >= 0.6 is 0 Å². The lowest BCUT2D eigenvalue weighted by molar-refractivity contribution is -0.385. The van der Waals surface area contributed by atoms with Gasteiger partial charge in [-0.15, -0.1) is 0 Å². The number of hydrogen-bond donors (Lipinski definition) is 1. The molecule has 29 heavy (non-hydrogen) atoms. The fourth-order valence-corrected chi connectivity index (χ4v) is 3.06. The fourth-order valence-electron chi connectivity index (χ4n) is 3.06. The van der Waals surface area contributed by atoms with E-state index in [4.69, 9.17) is 0 Å². The van der Waals surface area contributed by atoms with Crippen molar-refractivity contribution in [3.05, 3.63) is 86.0 Å². The van der Waals surface area contributed by atoms with Crippen molar-refractivity contribution in [1.29, 1.82) is 0 Å². The summed E-state index contributed by atoms with van der Waals surface area (Å²) >= 11 is 0. The summed E-state index contributed by atoms with van der Waals surface area (Å²) in [5.74, 6) is 1.000. The first kappa shape index (κ1) is 20.7. The summed E-state index contributed by atoms with van der Waals surface area (Å²) in [6.07, 6.45) is 8.41. The van der Waals surface area contributed by atoms with Crippen molar-refractivity contribution in [1.82, 2.24) is 0 Å². The summed E-state index contributed by atoms with van der Waals surface area (Å²) in [6, 6.07) is 13.4. The molecule has 1 atom stereocenters. The lowest BCUT2D eigenvalue weighted by Crippen LogP contribution is -2.13. The zero-order valence-electron chi connectivity index (χ0n) is 16.0. The Morgan fingerprint density at radius 2 is 1.52 bits per heavy atom. The van der Waals surface area contributed by atoms with Crippen molar-refractivity contribution in [2.45, 2.75) is 38.2 Å². The highest BCUT2D eigenvalue weighted by Gasteiger charge is 2.31. The van der Waals surface area contributed by atoms with Crippen LogP contribution in [0.1, 0.15) is 36.8 Å². The van der Waals surface area contributed by atoms with Gasteiger partial charge < -0.3 is 5.11 Å². The number of nitro groups is 2. The standard InChI is InChI=1S/C11H13NO3.C11H11NO2/c13-11(8-5-6-8)7-9-3-1-2-4-10(9)12(14)15;13-12(14)11-4-2-1-3-10(11)8-7-9-5-6-9/h1-4,8,11,13H,5-7H2;1-4,7-9H,5-6H2/b;8-7+. The van der Waals surface area contributed by atoms with Crippen LogP contribution in [0.25, 0.3) is 6.08 Å². The van der Waals surface area contributed by atoms with Gasteiger partial charge in [-0.2, -0.15) is 0 Å². The monoisotopic (exact) mass is 396 g/mol. The highest BCUT2D eigenvalue weighted by molar-refractivity contribution is 5.60. The second-order valence-electron chi connectivity index (χ2n) is 7.51. The van der Waals surface area contributed by atoms with Gasteiger partial charge in [-0.3, -0.25) is 20.2 Å². The third-order valence-corrected chi connectivity index (χ3v) is 5.09. The number of allylic oxidation sites excluding steroid dienone is 1. The number of aliphatic hydroxyl groups is 1. The Labute approximate surface area is 169 Å². The molecule has 7 nitrogen and oxygen atoms in total. The number of benzene rings is 2. The van der Waals surface area contributed by atoms with Crippen LogP contribution in [0.4, 0.5) is 11.4 Å². The summed E-state index contributed by atoms with van der Waals surface area (Å²) in [6.45, 7) is 0. The van der Waals surface area contributed by atoms with Crippen LogP contribution in [0.3, 0.4) is 0 Å². The van der Waals surface area contributed by atoms with E-state index in [0.717, 1.165) is 12.8 Å². The number of hydrogen-bond acceptors (Lipinski definition) is 5. The molecule has 2 aliphatic carbocycles. The minimum Gasteiger partial charge on any atom is -0.392 e. The maximum atomic E-state index is 10.7. The summed E-state index contributed by atoms with van der Waals surface area (Å²) in [5.41, 5.74) is 1.62. The van der Waals surface area contributed by atoms with Gasteiger partial charge in [0, 0.05) is 24.1 Å². The Balaban J connectivity index is 0.000000166. The third kappa shape index (κ3) is 6.22. The van der Waals surface area contributed by atoms with Gasteiger partial charge in [0.25, 0.3) is 11.4 Å². The molecule has 2 aliphatic rings. The van der Waals surface area contributed by atoms with Gasteiger partial charge in [0.05, 0.1) is 21.5 Å². The molecule has 0 spiro atoms. The second kappa shape index (κ2) is 9.43. The molecular formula is C22H24N2O5. The SMILES string of the molecule is O=[N+]([O-])c1ccccc1/C=C/C1CC1.O=[N+]([O-])c1ccccc1CC(O)C1CC1. The molecule has 7 heteroatoms. The Kier molecular flexibility index (Phi) is 6.72. The van der Waals surface area contributed by atoms with Crippen molar-refractivity contribution in [3.63, 3.8) is 0 Å². The molecule has 2 saturated carbocycles. The maximum Gasteiger partial charge on any atom is 0.276 e. The van der Waals surface area contributed by atoms with Crippen LogP contribution in [0, 0.1) is 32.1 Å². The van der Waals surface area contributed by atoms with Crippen molar-refractivity contribution < 1.29 is 15.0 Å². The number of nitro benzene ring substituents is 2. The minimum absolute atomic E-state index is 0.109. The predicted molar refractivity (Wildman–Crippen MR) is 110 cm³/mol. The Bertz CT molecular complexity index is 904. The van der Waals surface area contributed by atoms with Crippen molar-refractivity contribution in [2.24, 2.45) is 11.8 Å². The van der Waals surface area contributed by atoms with Gasteiger partial charge in [-0.05, 0) is 43.6 Å². The normalized spacial score (nSPS) is 16.7. The van der Waals surface area contributed by atoms with E-state index in [1.807, 2.05) is 12.1 Å². The topological polar surface area (TPSA) is 107 Å². The lowest BCUT2D eigenvalue weighted by Gasteiger charge is -2.08. The molecule has 0 amide bonds. The summed E-state index contributed by atoms with van der Waals surface area (Å²) in [5, 5.41) is 31.1. The number of rotatable bonds is 7. The van der Waals surface area contributed by atoms with Crippen molar-refractivity contribution in [2.75, 3.05) is 0 Å². The molecule has 0 aliphatic heterocycles. The summed E-state index contributed by atoms with van der Waals surface area (Å²) < 4.78 is 0. The van der Waals surface area contributed by atoms with Crippen LogP contribution in [-0.4, -0.2) is 21.1 Å². The molecular weight excluding hydrogens is 372 g/mol. The average Bonchev–Trinajstić information content (AvgIpc) is 3.61. The second-order valence-corrected chi connectivity index (χ2v) is 7.51. The third-order valence-electron chi connectivity index (χ3n) is 5.09. The Morgan fingerprint density at radius 1 is 0.931 bits per heavy atom. The van der Waals surface area contributed by atoms with E-state index in [9.17, 15) is 25.3 Å². The van der Waals surface area contributed by atoms with Crippen LogP contribution in [0.15, 0.2) is 54.6 Å². The molecule has 0 heterocycles. The molecule has 0 bridgehead atoms. The van der Waals surface area contributed by atoms with Gasteiger partial charge >= 0.3 is 0 Å². The van der Waals surface area contributed by atoms with E-state index in [1.165, 1.54) is 25.0 Å². The summed E-state index contributed by atoms with van der Waals surface area (Å²) in [7, 11) is 0. The molecule has 2 aromatic carbocycles. The zero-order valence-corrected chi connectivity index (χ0v) is 16.0. The van der Waals surface area contributed by atoms with E-state index in [2.05, 4.69) is 6.08 Å². The number of para-hydroxylation sites is 2. The number of nitrogens with zero attached hydrogens (tertiary/aromatic N) is 2. The lowest BCUT2D eigenvalue weighted by atomic mass is 10.0. The van der Waals surface area contributed by atoms with Crippen LogP contribution < -0.4 is 0 Å². The molecule has 0 radical (unpaired) electrons. The largest absolute Gasteiger partial charge is 0.392 e. The van der Waals surface area contributed by atoms with Gasteiger partial charge in [-0.1, -0.05) is 42.5 Å². The van der Waals surface area contributed by atoms with Gasteiger partial charge in [0.1, 0.15) is 0 Å². The minimum atomic E-state index is -0.425. The highest BCUT2D eigenvalue weighted by atomic mass is 16.6. The van der Waals surface area contributed by atoms with Gasteiger partial charge in [-0.25, -0.2) is 0 Å². The van der Waals surface area contributed by atoms with E-state index < -0.39 is 11.0 Å². The van der Waals surface area contributed by atoms with Gasteiger partial charge in [0.2, 0.25) is 0 Å². The molecule has 152 valence electrons. The molecule has 2 aromatic rings. The fraction of sp³-hybridized carbons (Fsp3) is 0.364. The van der Waals surface area contributed by atoms with Crippen molar-refractivity contribution >= 4 is 17.5 Å². The molecule has 2 fully saturated rings. The van der Waals surface area contributed by atoms with Crippen LogP contribution in [0.2, 0.25) is 0 Å². The van der Waals surface area contributed by atoms with E-state index in [0.29, 0.717) is 29.4 Å². The first-order valence-electron chi connectivity index (χ1n) is 9.77. The molecule has 0 aromatic heterocycles. The first-order chi connectivity index (χ1) is 14.0.